The molecule has 0 saturated heterocycles. The summed E-state index contributed by atoms with van der Waals surface area (Å²) in [6.45, 7) is 0.925. The predicted octanol–water partition coefficient (Wildman–Crippen LogP) is 2.24. The first kappa shape index (κ1) is 9.40. The van der Waals surface area contributed by atoms with Gasteiger partial charge < -0.3 is 4.90 Å². The van der Waals surface area contributed by atoms with Gasteiger partial charge in [-0.1, -0.05) is 42.5 Å². The van der Waals surface area contributed by atoms with Gasteiger partial charge in [-0.05, 0) is 5.56 Å². The zero-order chi connectivity index (χ0) is 11.0. The molecule has 0 amide bonds. The van der Waals surface area contributed by atoms with E-state index in [0.717, 1.165) is 17.7 Å². The average Bonchev–Trinajstić information content (AvgIpc) is 2.76. The zero-order valence-corrected chi connectivity index (χ0v) is 8.97. The molecule has 80 valence electrons. The smallest absolute Gasteiger partial charge is 0.167 e. The summed E-state index contributed by atoms with van der Waals surface area (Å²) in [5.74, 6) is 0.249. The summed E-state index contributed by atoms with van der Waals surface area (Å²) in [5, 5.41) is 0. The molecule has 0 N–H and O–H groups in total. The van der Waals surface area contributed by atoms with Gasteiger partial charge in [-0.2, -0.15) is 0 Å². The lowest BCUT2D eigenvalue weighted by Crippen LogP contribution is -2.32. The first-order valence-electron chi connectivity index (χ1n) is 5.57. The molecule has 16 heavy (non-hydrogen) atoms. The predicted molar refractivity (Wildman–Crippen MR) is 63.7 cm³/mol. The molecule has 0 aliphatic carbocycles. The number of ketones is 1. The van der Waals surface area contributed by atoms with Crippen LogP contribution in [0, 0.1) is 0 Å². The number of nitrogens with zero attached hydrogens (tertiary/aromatic N) is 1. The third kappa shape index (κ3) is 1.47. The molecule has 0 radical (unpaired) electrons. The van der Waals surface area contributed by atoms with Crippen LogP contribution in [-0.4, -0.2) is 23.3 Å². The summed E-state index contributed by atoms with van der Waals surface area (Å²) in [5.41, 5.74) is 1.87. The van der Waals surface area contributed by atoms with Crippen LogP contribution in [-0.2, 0) is 4.79 Å². The number of carbonyl (C=O) groups is 1. The summed E-state index contributed by atoms with van der Waals surface area (Å²) in [6, 6.07) is 10.2. The van der Waals surface area contributed by atoms with Crippen molar-refractivity contribution in [3.8, 4) is 0 Å². The number of hydrogen-bond acceptors (Lipinski definition) is 2. The Bertz CT molecular complexity index is 473. The number of hydrogen-bond donors (Lipinski definition) is 0. The fourth-order valence-electron chi connectivity index (χ4n) is 2.31. The topological polar surface area (TPSA) is 20.3 Å². The maximum atomic E-state index is 12.0. The molecule has 2 aliphatic rings. The van der Waals surface area contributed by atoms with Crippen LogP contribution in [0.5, 0.6) is 0 Å². The van der Waals surface area contributed by atoms with E-state index in [9.17, 15) is 4.79 Å². The van der Waals surface area contributed by atoms with Gasteiger partial charge in [-0.15, -0.1) is 0 Å². The Balaban J connectivity index is 1.99. The van der Waals surface area contributed by atoms with E-state index >= 15 is 0 Å². The number of carbonyl (C=O) groups excluding carboxylic acids is 1. The zero-order valence-electron chi connectivity index (χ0n) is 8.97. The molecule has 0 bridgehead atoms. The summed E-state index contributed by atoms with van der Waals surface area (Å²) in [6.07, 6.45) is 6.86. The standard InChI is InChI=1S/C14H13NO/c16-14-9-12-7-4-8-15(12)10-13(14)11-5-2-1-3-6-11/h1-7,10,12H,8-9H2. The molecule has 0 spiro atoms. The maximum Gasteiger partial charge on any atom is 0.167 e. The minimum Gasteiger partial charge on any atom is -0.366 e. The summed E-state index contributed by atoms with van der Waals surface area (Å²) >= 11 is 0. The summed E-state index contributed by atoms with van der Waals surface area (Å²) < 4.78 is 0. The van der Waals surface area contributed by atoms with Gasteiger partial charge in [0.05, 0.1) is 6.04 Å². The van der Waals surface area contributed by atoms with Gasteiger partial charge in [0.1, 0.15) is 0 Å². The average molecular weight is 211 g/mol. The van der Waals surface area contributed by atoms with Crippen molar-refractivity contribution < 1.29 is 4.79 Å². The summed E-state index contributed by atoms with van der Waals surface area (Å²) in [7, 11) is 0. The molecule has 2 heterocycles. The first-order chi connectivity index (χ1) is 7.84. The highest BCUT2D eigenvalue weighted by Gasteiger charge is 2.28. The molecular weight excluding hydrogens is 198 g/mol. The second kappa shape index (κ2) is 3.63. The van der Waals surface area contributed by atoms with Gasteiger partial charge >= 0.3 is 0 Å². The van der Waals surface area contributed by atoms with Crippen molar-refractivity contribution in [3.63, 3.8) is 0 Å². The molecule has 3 rings (SSSR count). The van der Waals surface area contributed by atoms with Crippen molar-refractivity contribution >= 4 is 11.4 Å². The van der Waals surface area contributed by atoms with E-state index in [1.54, 1.807) is 0 Å². The Hall–Kier alpha value is -1.83. The van der Waals surface area contributed by atoms with Crippen LogP contribution in [0.3, 0.4) is 0 Å². The quantitative estimate of drug-likeness (QED) is 0.664. The van der Waals surface area contributed by atoms with Crippen molar-refractivity contribution in [3.05, 3.63) is 54.2 Å². The van der Waals surface area contributed by atoms with Gasteiger partial charge in [0, 0.05) is 24.7 Å². The molecular formula is C14H13NO. The Labute approximate surface area is 94.9 Å². The second-order valence-electron chi connectivity index (χ2n) is 4.23. The van der Waals surface area contributed by atoms with E-state index in [-0.39, 0.29) is 5.78 Å². The van der Waals surface area contributed by atoms with Crippen molar-refractivity contribution in [2.75, 3.05) is 6.54 Å². The largest absolute Gasteiger partial charge is 0.366 e. The fourth-order valence-corrected chi connectivity index (χ4v) is 2.31. The van der Waals surface area contributed by atoms with Crippen molar-refractivity contribution in [2.24, 2.45) is 0 Å². The maximum absolute atomic E-state index is 12.0. The first-order valence-corrected chi connectivity index (χ1v) is 5.57. The molecule has 2 nitrogen and oxygen atoms in total. The van der Waals surface area contributed by atoms with Crippen LogP contribution in [0.4, 0.5) is 0 Å². The van der Waals surface area contributed by atoms with Crippen LogP contribution in [0.2, 0.25) is 0 Å². The Morgan fingerprint density at radius 3 is 2.81 bits per heavy atom. The number of rotatable bonds is 1. The van der Waals surface area contributed by atoms with Gasteiger partial charge in [0.25, 0.3) is 0 Å². The van der Waals surface area contributed by atoms with Gasteiger partial charge in [0.15, 0.2) is 5.78 Å². The lowest BCUT2D eigenvalue weighted by molar-refractivity contribution is -0.114. The van der Waals surface area contributed by atoms with Gasteiger partial charge in [0.2, 0.25) is 0 Å². The van der Waals surface area contributed by atoms with E-state index in [1.165, 1.54) is 0 Å². The highest BCUT2D eigenvalue weighted by molar-refractivity contribution is 6.21. The third-order valence-corrected chi connectivity index (χ3v) is 3.18. The molecule has 0 fully saturated rings. The minimum absolute atomic E-state index is 0.249. The van der Waals surface area contributed by atoms with Gasteiger partial charge in [-0.3, -0.25) is 4.79 Å². The molecule has 1 atom stereocenters. The second-order valence-corrected chi connectivity index (χ2v) is 4.23. The normalized spacial score (nSPS) is 23.2. The van der Waals surface area contributed by atoms with Crippen LogP contribution < -0.4 is 0 Å². The lowest BCUT2D eigenvalue weighted by atomic mass is 9.95. The van der Waals surface area contributed by atoms with E-state index in [2.05, 4.69) is 17.1 Å². The number of Topliss-reactive ketones (excluding diaryl/α,β-unsaturated/α-hetero) is 1. The number of fused-ring (bicyclic) bond motifs is 1. The Morgan fingerprint density at radius 1 is 1.19 bits per heavy atom. The van der Waals surface area contributed by atoms with E-state index < -0.39 is 0 Å². The highest BCUT2D eigenvalue weighted by atomic mass is 16.1. The van der Waals surface area contributed by atoms with Crippen LogP contribution in [0.25, 0.3) is 5.57 Å². The molecule has 1 unspecified atom stereocenters. The van der Waals surface area contributed by atoms with Crippen LogP contribution in [0.1, 0.15) is 12.0 Å². The van der Waals surface area contributed by atoms with Crippen molar-refractivity contribution in [1.82, 2.24) is 4.90 Å². The molecule has 1 aromatic carbocycles. The monoisotopic (exact) mass is 211 g/mol. The molecule has 1 aromatic rings. The molecule has 2 heteroatoms. The fraction of sp³-hybridized carbons (Fsp3) is 0.214. The van der Waals surface area contributed by atoms with Crippen molar-refractivity contribution in [1.29, 1.82) is 0 Å². The number of allylic oxidation sites excluding steroid dienone is 1. The van der Waals surface area contributed by atoms with Crippen LogP contribution >= 0.6 is 0 Å². The molecule has 0 saturated carbocycles. The Kier molecular flexibility index (Phi) is 2.13. The molecule has 0 aromatic heterocycles. The SMILES string of the molecule is O=C1CC2C=CCN2C=C1c1ccccc1. The van der Waals surface area contributed by atoms with E-state index in [0.29, 0.717) is 12.5 Å². The van der Waals surface area contributed by atoms with E-state index in [1.807, 2.05) is 36.5 Å². The lowest BCUT2D eigenvalue weighted by Gasteiger charge is -2.28. The minimum atomic E-state index is 0.249. The Morgan fingerprint density at radius 2 is 2.00 bits per heavy atom. The summed E-state index contributed by atoms with van der Waals surface area (Å²) in [4.78, 5) is 14.2. The number of benzene rings is 1. The third-order valence-electron chi connectivity index (χ3n) is 3.18. The molecule has 2 aliphatic heterocycles. The highest BCUT2D eigenvalue weighted by Crippen LogP contribution is 2.27. The van der Waals surface area contributed by atoms with E-state index in [4.69, 9.17) is 0 Å². The van der Waals surface area contributed by atoms with Crippen LogP contribution in [0.15, 0.2) is 48.7 Å². The van der Waals surface area contributed by atoms with Gasteiger partial charge in [-0.25, -0.2) is 0 Å². The van der Waals surface area contributed by atoms with Crippen molar-refractivity contribution in [2.45, 2.75) is 12.5 Å².